The molecule has 0 fully saturated rings. The topological polar surface area (TPSA) is 63.8 Å². The molecule has 94 valence electrons. The van der Waals surface area contributed by atoms with Crippen molar-refractivity contribution in [2.45, 2.75) is 6.04 Å². The molecule has 0 spiro atoms. The smallest absolute Gasteiger partial charge is 0.0725 e. The van der Waals surface area contributed by atoms with Crippen molar-refractivity contribution >= 4 is 10.9 Å². The van der Waals surface area contributed by atoms with Crippen LogP contribution in [0.25, 0.3) is 10.9 Å². The molecule has 4 nitrogen and oxygen atoms in total. The van der Waals surface area contributed by atoms with Crippen LogP contribution in [0.4, 0.5) is 0 Å². The number of rotatable bonds is 3. The van der Waals surface area contributed by atoms with E-state index in [1.165, 1.54) is 0 Å². The molecular formula is C15H14N4. The Morgan fingerprint density at radius 2 is 1.89 bits per heavy atom. The lowest BCUT2D eigenvalue weighted by Crippen LogP contribution is -2.28. The highest BCUT2D eigenvalue weighted by atomic mass is 15.2. The zero-order valence-corrected chi connectivity index (χ0v) is 10.3. The highest BCUT2D eigenvalue weighted by Gasteiger charge is 2.12. The second kappa shape index (κ2) is 5.14. The van der Waals surface area contributed by atoms with Gasteiger partial charge in [-0.25, -0.2) is 5.43 Å². The van der Waals surface area contributed by atoms with Gasteiger partial charge in [0.1, 0.15) is 0 Å². The van der Waals surface area contributed by atoms with Gasteiger partial charge in [-0.2, -0.15) is 0 Å². The number of hydrogen-bond acceptors (Lipinski definition) is 4. The number of nitrogens with two attached hydrogens (primary N) is 1. The fourth-order valence-corrected chi connectivity index (χ4v) is 2.19. The number of aromatic nitrogens is 2. The third-order valence-electron chi connectivity index (χ3n) is 3.15. The van der Waals surface area contributed by atoms with E-state index < -0.39 is 0 Å². The number of fused-ring (bicyclic) bond motifs is 1. The third kappa shape index (κ3) is 2.31. The predicted octanol–water partition coefficient (Wildman–Crippen LogP) is 2.18. The van der Waals surface area contributed by atoms with Gasteiger partial charge in [0.25, 0.3) is 0 Å². The zero-order valence-electron chi connectivity index (χ0n) is 10.3. The first-order chi connectivity index (χ1) is 9.38. The molecule has 0 bridgehead atoms. The van der Waals surface area contributed by atoms with Crippen LogP contribution in [-0.4, -0.2) is 9.97 Å². The number of nitrogens with zero attached hydrogens (tertiary/aromatic N) is 2. The highest BCUT2D eigenvalue weighted by molar-refractivity contribution is 5.79. The average molecular weight is 250 g/mol. The minimum Gasteiger partial charge on any atom is -0.271 e. The van der Waals surface area contributed by atoms with Crippen molar-refractivity contribution < 1.29 is 0 Å². The van der Waals surface area contributed by atoms with Gasteiger partial charge in [0, 0.05) is 24.0 Å². The fourth-order valence-electron chi connectivity index (χ4n) is 2.19. The quantitative estimate of drug-likeness (QED) is 0.552. The Kier molecular flexibility index (Phi) is 3.18. The van der Waals surface area contributed by atoms with Crippen LogP contribution in [0.2, 0.25) is 0 Å². The largest absolute Gasteiger partial charge is 0.271 e. The van der Waals surface area contributed by atoms with Gasteiger partial charge in [-0.1, -0.05) is 24.3 Å². The maximum atomic E-state index is 5.68. The lowest BCUT2D eigenvalue weighted by Gasteiger charge is -2.16. The predicted molar refractivity (Wildman–Crippen MR) is 75.1 cm³/mol. The molecule has 1 unspecified atom stereocenters. The molecular weight excluding hydrogens is 236 g/mol. The van der Waals surface area contributed by atoms with E-state index in [0.29, 0.717) is 0 Å². The van der Waals surface area contributed by atoms with E-state index in [4.69, 9.17) is 5.84 Å². The first kappa shape index (κ1) is 11.8. The summed E-state index contributed by atoms with van der Waals surface area (Å²) in [6.07, 6.45) is 5.35. The molecule has 0 aliphatic carbocycles. The average Bonchev–Trinajstić information content (AvgIpc) is 2.49. The summed E-state index contributed by atoms with van der Waals surface area (Å²) in [5, 5.41) is 1.12. The highest BCUT2D eigenvalue weighted by Crippen LogP contribution is 2.23. The Balaban J connectivity index is 2.06. The van der Waals surface area contributed by atoms with Gasteiger partial charge in [0.15, 0.2) is 0 Å². The van der Waals surface area contributed by atoms with Gasteiger partial charge in [-0.05, 0) is 29.3 Å². The molecule has 1 atom stereocenters. The number of nitrogens with one attached hydrogen (secondary N) is 1. The molecule has 0 aliphatic rings. The van der Waals surface area contributed by atoms with E-state index in [-0.39, 0.29) is 6.04 Å². The summed E-state index contributed by atoms with van der Waals surface area (Å²) in [5.41, 5.74) is 5.89. The molecule has 0 saturated heterocycles. The maximum Gasteiger partial charge on any atom is 0.0725 e. The van der Waals surface area contributed by atoms with Crippen molar-refractivity contribution in [2.24, 2.45) is 5.84 Å². The molecule has 3 rings (SSSR count). The lowest BCUT2D eigenvalue weighted by molar-refractivity contribution is 0.635. The van der Waals surface area contributed by atoms with E-state index in [1.54, 1.807) is 12.4 Å². The second-order valence-corrected chi connectivity index (χ2v) is 4.34. The van der Waals surface area contributed by atoms with Crippen LogP contribution in [0.15, 0.2) is 61.1 Å². The molecule has 4 heteroatoms. The molecule has 3 aromatic rings. The van der Waals surface area contributed by atoms with Gasteiger partial charge in [-0.3, -0.25) is 15.8 Å². The van der Waals surface area contributed by atoms with Crippen LogP contribution in [0.5, 0.6) is 0 Å². The van der Waals surface area contributed by atoms with Crippen LogP contribution in [0.3, 0.4) is 0 Å². The van der Waals surface area contributed by atoms with Crippen LogP contribution in [0, 0.1) is 0 Å². The number of hydrogen-bond donors (Lipinski definition) is 2. The van der Waals surface area contributed by atoms with Gasteiger partial charge < -0.3 is 0 Å². The Morgan fingerprint density at radius 1 is 1.00 bits per heavy atom. The third-order valence-corrected chi connectivity index (χ3v) is 3.15. The summed E-state index contributed by atoms with van der Waals surface area (Å²) in [4.78, 5) is 8.50. The molecule has 0 aliphatic heterocycles. The molecule has 2 aromatic heterocycles. The van der Waals surface area contributed by atoms with Crippen molar-refractivity contribution in [3.63, 3.8) is 0 Å². The number of benzene rings is 1. The Hall–Kier alpha value is -2.30. The maximum absolute atomic E-state index is 5.68. The van der Waals surface area contributed by atoms with Gasteiger partial charge in [0.2, 0.25) is 0 Å². The first-order valence-corrected chi connectivity index (χ1v) is 6.09. The summed E-state index contributed by atoms with van der Waals surface area (Å²) >= 11 is 0. The summed E-state index contributed by atoms with van der Waals surface area (Å²) < 4.78 is 0. The Bertz CT molecular complexity index is 682. The van der Waals surface area contributed by atoms with Crippen LogP contribution in [0.1, 0.15) is 17.2 Å². The zero-order chi connectivity index (χ0) is 13.1. The Labute approximate surface area is 111 Å². The van der Waals surface area contributed by atoms with Crippen LogP contribution in [-0.2, 0) is 0 Å². The monoisotopic (exact) mass is 250 g/mol. The molecule has 0 amide bonds. The van der Waals surface area contributed by atoms with Gasteiger partial charge >= 0.3 is 0 Å². The van der Waals surface area contributed by atoms with Crippen molar-refractivity contribution in [3.05, 3.63) is 72.2 Å². The Morgan fingerprint density at radius 3 is 2.68 bits per heavy atom. The standard InChI is InChI=1S/C15H14N4/c16-19-15(13-4-1-7-17-10-13)12-6-5-11-3-2-8-18-14(11)9-12/h1-10,15,19H,16H2. The minimum atomic E-state index is -0.0832. The number of pyridine rings is 2. The van der Waals surface area contributed by atoms with Crippen molar-refractivity contribution in [2.75, 3.05) is 0 Å². The molecule has 0 saturated carbocycles. The minimum absolute atomic E-state index is 0.0832. The number of hydrazine groups is 1. The van der Waals surface area contributed by atoms with Crippen molar-refractivity contribution in [3.8, 4) is 0 Å². The molecule has 1 aromatic carbocycles. The fraction of sp³-hybridized carbons (Fsp3) is 0.0667. The molecule has 19 heavy (non-hydrogen) atoms. The summed E-state index contributed by atoms with van der Waals surface area (Å²) in [6, 6.07) is 14.0. The van der Waals surface area contributed by atoms with Crippen molar-refractivity contribution in [1.82, 2.24) is 15.4 Å². The lowest BCUT2D eigenvalue weighted by atomic mass is 9.99. The van der Waals surface area contributed by atoms with Crippen LogP contribution < -0.4 is 11.3 Å². The summed E-state index contributed by atoms with van der Waals surface area (Å²) in [6.45, 7) is 0. The molecule has 2 heterocycles. The second-order valence-electron chi connectivity index (χ2n) is 4.34. The van der Waals surface area contributed by atoms with E-state index in [9.17, 15) is 0 Å². The normalized spacial score (nSPS) is 12.5. The van der Waals surface area contributed by atoms with E-state index in [2.05, 4.69) is 27.5 Å². The molecule has 0 radical (unpaired) electrons. The van der Waals surface area contributed by atoms with Gasteiger partial charge in [0.05, 0.1) is 11.6 Å². The summed E-state index contributed by atoms with van der Waals surface area (Å²) in [5.74, 6) is 5.68. The van der Waals surface area contributed by atoms with Crippen molar-refractivity contribution in [1.29, 1.82) is 0 Å². The van der Waals surface area contributed by atoms with E-state index in [1.807, 2.05) is 36.5 Å². The van der Waals surface area contributed by atoms with E-state index >= 15 is 0 Å². The van der Waals surface area contributed by atoms with Gasteiger partial charge in [-0.15, -0.1) is 0 Å². The molecule has 3 N–H and O–H groups in total. The van der Waals surface area contributed by atoms with E-state index in [0.717, 1.165) is 22.0 Å². The SMILES string of the molecule is NNC(c1cccnc1)c1ccc2cccnc2c1. The summed E-state index contributed by atoms with van der Waals surface area (Å²) in [7, 11) is 0. The first-order valence-electron chi connectivity index (χ1n) is 6.09. The van der Waals surface area contributed by atoms with Crippen LogP contribution >= 0.6 is 0 Å².